The summed E-state index contributed by atoms with van der Waals surface area (Å²) in [5.74, 6) is -0.354. The van der Waals surface area contributed by atoms with Gasteiger partial charge in [0, 0.05) is 22.6 Å². The molecular formula is C13H16N2O. The number of benzene rings is 1. The summed E-state index contributed by atoms with van der Waals surface area (Å²) < 4.78 is 2.15. The number of amides is 1. The van der Waals surface area contributed by atoms with Gasteiger partial charge in [0.15, 0.2) is 0 Å². The maximum Gasteiger partial charge on any atom is 0.251 e. The first-order chi connectivity index (χ1) is 7.54. The van der Waals surface area contributed by atoms with Gasteiger partial charge in [0.1, 0.15) is 0 Å². The Hall–Kier alpha value is -1.77. The lowest BCUT2D eigenvalue weighted by molar-refractivity contribution is 0.100. The number of hydrogen-bond acceptors (Lipinski definition) is 1. The Balaban J connectivity index is 2.91. The first-order valence-electron chi connectivity index (χ1n) is 5.43. The number of aromatic nitrogens is 1. The molecule has 0 spiro atoms. The Morgan fingerprint density at radius 3 is 2.50 bits per heavy atom. The fourth-order valence-corrected chi connectivity index (χ4v) is 2.37. The van der Waals surface area contributed by atoms with Crippen LogP contribution in [0, 0.1) is 6.92 Å². The number of nitrogens with zero attached hydrogens (tertiary/aromatic N) is 1. The van der Waals surface area contributed by atoms with E-state index in [0.29, 0.717) is 11.6 Å². The lowest BCUT2D eigenvalue weighted by Gasteiger charge is -2.12. The van der Waals surface area contributed by atoms with Crippen LogP contribution in [-0.4, -0.2) is 10.5 Å². The predicted octanol–water partition coefficient (Wildman–Crippen LogP) is 2.63. The zero-order valence-electron chi connectivity index (χ0n) is 9.82. The Morgan fingerprint density at radius 1 is 1.31 bits per heavy atom. The summed E-state index contributed by atoms with van der Waals surface area (Å²) in [6.07, 6.45) is 0. The number of primary amides is 1. The van der Waals surface area contributed by atoms with Crippen LogP contribution < -0.4 is 5.73 Å². The van der Waals surface area contributed by atoms with Crippen molar-refractivity contribution in [2.45, 2.75) is 26.8 Å². The molecule has 0 radical (unpaired) electrons. The van der Waals surface area contributed by atoms with Gasteiger partial charge < -0.3 is 10.3 Å². The average molecular weight is 216 g/mol. The quantitative estimate of drug-likeness (QED) is 0.824. The van der Waals surface area contributed by atoms with Crippen molar-refractivity contribution in [3.63, 3.8) is 0 Å². The van der Waals surface area contributed by atoms with Crippen LogP contribution in [0.2, 0.25) is 0 Å². The minimum absolute atomic E-state index is 0.318. The third kappa shape index (κ3) is 1.40. The maximum absolute atomic E-state index is 11.5. The molecule has 0 atom stereocenters. The molecule has 84 valence electrons. The van der Waals surface area contributed by atoms with Crippen molar-refractivity contribution in [1.82, 2.24) is 4.57 Å². The van der Waals surface area contributed by atoms with Gasteiger partial charge in [0.25, 0.3) is 5.91 Å². The predicted molar refractivity (Wildman–Crippen MR) is 65.6 cm³/mol. The highest BCUT2D eigenvalue weighted by atomic mass is 16.1. The SMILES string of the molecule is Cc1c(C(N)=O)c2ccccc2n1C(C)C. The molecule has 3 nitrogen and oxygen atoms in total. The second-order valence-corrected chi connectivity index (χ2v) is 4.31. The van der Waals surface area contributed by atoms with Crippen molar-refractivity contribution < 1.29 is 4.79 Å². The van der Waals surface area contributed by atoms with Crippen LogP contribution in [0.3, 0.4) is 0 Å². The summed E-state index contributed by atoms with van der Waals surface area (Å²) in [6.45, 7) is 6.15. The Morgan fingerprint density at radius 2 is 1.94 bits per heavy atom. The van der Waals surface area contributed by atoms with Gasteiger partial charge in [0.2, 0.25) is 0 Å². The van der Waals surface area contributed by atoms with E-state index in [1.54, 1.807) is 0 Å². The van der Waals surface area contributed by atoms with E-state index in [2.05, 4.69) is 18.4 Å². The molecule has 0 saturated heterocycles. The van der Waals surface area contributed by atoms with Crippen molar-refractivity contribution in [2.24, 2.45) is 5.73 Å². The third-order valence-electron chi connectivity index (χ3n) is 2.92. The molecule has 2 rings (SSSR count). The first kappa shape index (κ1) is 10.7. The monoisotopic (exact) mass is 216 g/mol. The van der Waals surface area contributed by atoms with E-state index in [0.717, 1.165) is 16.6 Å². The molecule has 3 heteroatoms. The van der Waals surface area contributed by atoms with Gasteiger partial charge in [-0.25, -0.2) is 0 Å². The van der Waals surface area contributed by atoms with E-state index in [-0.39, 0.29) is 5.91 Å². The Labute approximate surface area is 94.9 Å². The Bertz CT molecular complexity index is 552. The molecule has 2 N–H and O–H groups in total. The van der Waals surface area contributed by atoms with Crippen molar-refractivity contribution in [2.75, 3.05) is 0 Å². The zero-order valence-corrected chi connectivity index (χ0v) is 9.82. The maximum atomic E-state index is 11.5. The number of hydrogen-bond donors (Lipinski definition) is 1. The molecule has 0 aliphatic heterocycles. The average Bonchev–Trinajstić information content (AvgIpc) is 2.49. The van der Waals surface area contributed by atoms with Crippen LogP contribution >= 0.6 is 0 Å². The molecule has 0 unspecified atom stereocenters. The molecular weight excluding hydrogens is 200 g/mol. The van der Waals surface area contributed by atoms with Crippen LogP contribution in [0.5, 0.6) is 0 Å². The van der Waals surface area contributed by atoms with E-state index in [1.165, 1.54) is 0 Å². The number of nitrogens with two attached hydrogens (primary N) is 1. The van der Waals surface area contributed by atoms with Gasteiger partial charge in [-0.05, 0) is 26.8 Å². The summed E-state index contributed by atoms with van der Waals surface area (Å²) in [4.78, 5) is 11.5. The van der Waals surface area contributed by atoms with Gasteiger partial charge in [-0.15, -0.1) is 0 Å². The number of rotatable bonds is 2. The minimum Gasteiger partial charge on any atom is -0.366 e. The van der Waals surface area contributed by atoms with Crippen LogP contribution in [0.15, 0.2) is 24.3 Å². The topological polar surface area (TPSA) is 48.0 Å². The lowest BCUT2D eigenvalue weighted by Crippen LogP contribution is -2.13. The van der Waals surface area contributed by atoms with Crippen LogP contribution in [0.4, 0.5) is 0 Å². The molecule has 0 bridgehead atoms. The van der Waals surface area contributed by atoms with Gasteiger partial charge >= 0.3 is 0 Å². The minimum atomic E-state index is -0.354. The van der Waals surface area contributed by atoms with Crippen molar-refractivity contribution in [1.29, 1.82) is 0 Å². The molecule has 1 heterocycles. The van der Waals surface area contributed by atoms with Crippen LogP contribution in [0.25, 0.3) is 10.9 Å². The van der Waals surface area contributed by atoms with E-state index in [4.69, 9.17) is 5.73 Å². The molecule has 1 aromatic heterocycles. The zero-order chi connectivity index (χ0) is 11.9. The fraction of sp³-hybridized carbons (Fsp3) is 0.308. The second-order valence-electron chi connectivity index (χ2n) is 4.31. The molecule has 1 aromatic carbocycles. The highest BCUT2D eigenvalue weighted by molar-refractivity contribution is 6.07. The standard InChI is InChI=1S/C13H16N2O/c1-8(2)15-9(3)12(13(14)16)10-6-4-5-7-11(10)15/h4-8H,1-3H3,(H2,14,16). The molecule has 0 aliphatic carbocycles. The molecule has 0 saturated carbocycles. The van der Waals surface area contributed by atoms with E-state index >= 15 is 0 Å². The van der Waals surface area contributed by atoms with Crippen LogP contribution in [-0.2, 0) is 0 Å². The summed E-state index contributed by atoms with van der Waals surface area (Å²) in [5, 5.41) is 0.946. The molecule has 2 aromatic rings. The van der Waals surface area contributed by atoms with Gasteiger partial charge in [-0.2, -0.15) is 0 Å². The summed E-state index contributed by atoms with van der Waals surface area (Å²) in [6, 6.07) is 8.19. The highest BCUT2D eigenvalue weighted by Crippen LogP contribution is 2.28. The van der Waals surface area contributed by atoms with Crippen molar-refractivity contribution in [3.8, 4) is 0 Å². The molecule has 1 amide bonds. The van der Waals surface area contributed by atoms with Gasteiger partial charge in [-0.3, -0.25) is 4.79 Å². The summed E-state index contributed by atoms with van der Waals surface area (Å²) in [5.41, 5.74) is 8.11. The fourth-order valence-electron chi connectivity index (χ4n) is 2.37. The number of para-hydroxylation sites is 1. The van der Waals surface area contributed by atoms with E-state index in [1.807, 2.05) is 31.2 Å². The lowest BCUT2D eigenvalue weighted by atomic mass is 10.1. The van der Waals surface area contributed by atoms with Crippen molar-refractivity contribution >= 4 is 16.8 Å². The smallest absolute Gasteiger partial charge is 0.251 e. The second kappa shape index (κ2) is 3.67. The summed E-state index contributed by atoms with van der Waals surface area (Å²) >= 11 is 0. The van der Waals surface area contributed by atoms with Gasteiger partial charge in [0.05, 0.1) is 5.56 Å². The normalized spacial score (nSPS) is 11.2. The van der Waals surface area contributed by atoms with Crippen molar-refractivity contribution in [3.05, 3.63) is 35.5 Å². The number of fused-ring (bicyclic) bond motifs is 1. The molecule has 16 heavy (non-hydrogen) atoms. The summed E-state index contributed by atoms with van der Waals surface area (Å²) in [7, 11) is 0. The third-order valence-corrected chi connectivity index (χ3v) is 2.92. The molecule has 0 fully saturated rings. The first-order valence-corrected chi connectivity index (χ1v) is 5.43. The Kier molecular flexibility index (Phi) is 2.46. The van der Waals surface area contributed by atoms with E-state index in [9.17, 15) is 4.79 Å². The van der Waals surface area contributed by atoms with Crippen LogP contribution in [0.1, 0.15) is 35.9 Å². The van der Waals surface area contributed by atoms with E-state index < -0.39 is 0 Å². The largest absolute Gasteiger partial charge is 0.366 e. The molecule has 0 aliphatic rings. The number of carbonyl (C=O) groups is 1. The van der Waals surface area contributed by atoms with Gasteiger partial charge in [-0.1, -0.05) is 18.2 Å². The number of carbonyl (C=O) groups excluding carboxylic acids is 1. The highest BCUT2D eigenvalue weighted by Gasteiger charge is 2.18.